The SMILES string of the molecule is CCCCCCC(=O)/C=C(\C)S(=O)(=O)c1ccc(C)cc1. The Morgan fingerprint density at radius 2 is 1.71 bits per heavy atom. The van der Waals surface area contributed by atoms with Gasteiger partial charge in [-0.15, -0.1) is 0 Å². The van der Waals surface area contributed by atoms with Gasteiger partial charge in [0.25, 0.3) is 0 Å². The Bertz CT molecular complexity index is 595. The Hall–Kier alpha value is -1.42. The summed E-state index contributed by atoms with van der Waals surface area (Å²) >= 11 is 0. The van der Waals surface area contributed by atoms with Crippen molar-refractivity contribution >= 4 is 15.6 Å². The number of unbranched alkanes of at least 4 members (excludes halogenated alkanes) is 3. The van der Waals surface area contributed by atoms with E-state index in [4.69, 9.17) is 0 Å². The summed E-state index contributed by atoms with van der Waals surface area (Å²) in [7, 11) is -3.55. The molecule has 0 bridgehead atoms. The standard InChI is InChI=1S/C17H24O3S/c1-4-5-6-7-8-16(18)13-15(3)21(19,20)17-11-9-14(2)10-12-17/h9-13H,4-8H2,1-3H3/b15-13+. The van der Waals surface area contributed by atoms with Crippen LogP contribution in [-0.4, -0.2) is 14.2 Å². The lowest BCUT2D eigenvalue weighted by Gasteiger charge is -2.05. The van der Waals surface area contributed by atoms with Gasteiger partial charge in [-0.25, -0.2) is 8.42 Å². The average Bonchev–Trinajstić information content (AvgIpc) is 2.44. The normalized spacial score (nSPS) is 12.4. The molecule has 1 aromatic rings. The van der Waals surface area contributed by atoms with Crippen molar-refractivity contribution < 1.29 is 13.2 Å². The summed E-state index contributed by atoms with van der Waals surface area (Å²) in [5.41, 5.74) is 1.00. The van der Waals surface area contributed by atoms with Crippen LogP contribution in [0.1, 0.15) is 51.5 Å². The predicted molar refractivity (Wildman–Crippen MR) is 85.9 cm³/mol. The molecule has 0 atom stereocenters. The number of hydrogen-bond acceptors (Lipinski definition) is 3. The summed E-state index contributed by atoms with van der Waals surface area (Å²) in [4.78, 5) is 12.2. The molecule has 0 N–H and O–H groups in total. The summed E-state index contributed by atoms with van der Waals surface area (Å²) < 4.78 is 24.7. The second kappa shape index (κ2) is 8.13. The summed E-state index contributed by atoms with van der Waals surface area (Å²) in [5.74, 6) is -0.112. The molecule has 0 aliphatic rings. The average molecular weight is 308 g/mol. The van der Waals surface area contributed by atoms with E-state index in [1.54, 1.807) is 24.3 Å². The van der Waals surface area contributed by atoms with Crippen molar-refractivity contribution in [3.8, 4) is 0 Å². The summed E-state index contributed by atoms with van der Waals surface area (Å²) in [5, 5.41) is 0. The van der Waals surface area contributed by atoms with E-state index in [0.29, 0.717) is 6.42 Å². The van der Waals surface area contributed by atoms with E-state index < -0.39 is 9.84 Å². The molecule has 1 aromatic carbocycles. The zero-order valence-electron chi connectivity index (χ0n) is 13.1. The molecule has 0 fully saturated rings. The third-order valence-electron chi connectivity index (χ3n) is 3.40. The van der Waals surface area contributed by atoms with Crippen molar-refractivity contribution in [2.45, 2.75) is 57.8 Å². The number of hydrogen-bond donors (Lipinski definition) is 0. The van der Waals surface area contributed by atoms with E-state index in [1.165, 1.54) is 13.0 Å². The van der Waals surface area contributed by atoms with E-state index in [2.05, 4.69) is 6.92 Å². The van der Waals surface area contributed by atoms with E-state index in [-0.39, 0.29) is 15.6 Å². The summed E-state index contributed by atoms with van der Waals surface area (Å²) in [6.07, 6.45) is 5.74. The maximum absolute atomic E-state index is 12.3. The molecule has 0 spiro atoms. The minimum absolute atomic E-state index is 0.112. The van der Waals surface area contributed by atoms with Crippen molar-refractivity contribution in [2.24, 2.45) is 0 Å². The number of benzene rings is 1. The van der Waals surface area contributed by atoms with Crippen LogP contribution in [0.15, 0.2) is 40.1 Å². The Labute approximate surface area is 128 Å². The first-order valence-electron chi connectivity index (χ1n) is 7.41. The van der Waals surface area contributed by atoms with Crippen LogP contribution < -0.4 is 0 Å². The molecule has 4 heteroatoms. The molecule has 0 radical (unpaired) electrons. The van der Waals surface area contributed by atoms with Crippen LogP contribution in [0.2, 0.25) is 0 Å². The highest BCUT2D eigenvalue weighted by Gasteiger charge is 2.17. The third-order valence-corrected chi connectivity index (χ3v) is 5.25. The monoisotopic (exact) mass is 308 g/mol. The molecular weight excluding hydrogens is 284 g/mol. The Morgan fingerprint density at radius 1 is 1.10 bits per heavy atom. The number of allylic oxidation sites excluding steroid dienone is 2. The quantitative estimate of drug-likeness (QED) is 0.534. The lowest BCUT2D eigenvalue weighted by molar-refractivity contribution is -0.114. The van der Waals surface area contributed by atoms with Gasteiger partial charge in [-0.3, -0.25) is 4.79 Å². The van der Waals surface area contributed by atoms with E-state index in [0.717, 1.165) is 31.2 Å². The lowest BCUT2D eigenvalue weighted by Crippen LogP contribution is -2.05. The minimum Gasteiger partial charge on any atom is -0.295 e. The van der Waals surface area contributed by atoms with Gasteiger partial charge in [0, 0.05) is 11.3 Å². The third kappa shape index (κ3) is 5.46. The highest BCUT2D eigenvalue weighted by atomic mass is 32.2. The van der Waals surface area contributed by atoms with Crippen LogP contribution in [0.5, 0.6) is 0 Å². The number of rotatable bonds is 8. The topological polar surface area (TPSA) is 51.2 Å². The Balaban J connectivity index is 2.76. The maximum Gasteiger partial charge on any atom is 0.202 e. The molecule has 0 saturated heterocycles. The van der Waals surface area contributed by atoms with Crippen molar-refractivity contribution in [1.29, 1.82) is 0 Å². The molecule has 3 nitrogen and oxygen atoms in total. The van der Waals surface area contributed by atoms with Gasteiger partial charge in [0.15, 0.2) is 5.78 Å². The number of carbonyl (C=O) groups is 1. The zero-order valence-corrected chi connectivity index (χ0v) is 13.9. The Kier molecular flexibility index (Phi) is 6.82. The first kappa shape index (κ1) is 17.6. The fourth-order valence-electron chi connectivity index (χ4n) is 2.01. The summed E-state index contributed by atoms with van der Waals surface area (Å²) in [6.45, 7) is 5.50. The van der Waals surface area contributed by atoms with Gasteiger partial charge in [0.05, 0.1) is 4.90 Å². The molecular formula is C17H24O3S. The van der Waals surface area contributed by atoms with Crippen molar-refractivity contribution in [1.82, 2.24) is 0 Å². The van der Waals surface area contributed by atoms with Crippen LogP contribution in [-0.2, 0) is 14.6 Å². The van der Waals surface area contributed by atoms with Gasteiger partial charge < -0.3 is 0 Å². The van der Waals surface area contributed by atoms with Gasteiger partial charge in [-0.2, -0.15) is 0 Å². The molecule has 0 aliphatic heterocycles. The molecule has 0 unspecified atom stereocenters. The fraction of sp³-hybridized carbons (Fsp3) is 0.471. The molecule has 21 heavy (non-hydrogen) atoms. The first-order chi connectivity index (χ1) is 9.87. The van der Waals surface area contributed by atoms with E-state index in [1.807, 2.05) is 6.92 Å². The van der Waals surface area contributed by atoms with Gasteiger partial charge in [0.1, 0.15) is 0 Å². The van der Waals surface area contributed by atoms with Crippen molar-refractivity contribution in [3.63, 3.8) is 0 Å². The largest absolute Gasteiger partial charge is 0.295 e. The number of carbonyl (C=O) groups excluding carboxylic acids is 1. The number of ketones is 1. The second-order valence-electron chi connectivity index (χ2n) is 5.35. The van der Waals surface area contributed by atoms with Crippen LogP contribution in [0, 0.1) is 6.92 Å². The number of sulfone groups is 1. The fourth-order valence-corrected chi connectivity index (χ4v) is 3.16. The van der Waals surface area contributed by atoms with Crippen LogP contribution in [0.4, 0.5) is 0 Å². The van der Waals surface area contributed by atoms with E-state index in [9.17, 15) is 13.2 Å². The molecule has 0 aromatic heterocycles. The van der Waals surface area contributed by atoms with Crippen molar-refractivity contribution in [2.75, 3.05) is 0 Å². The highest BCUT2D eigenvalue weighted by molar-refractivity contribution is 7.95. The van der Waals surface area contributed by atoms with Gasteiger partial charge in [0.2, 0.25) is 9.84 Å². The lowest BCUT2D eigenvalue weighted by atomic mass is 10.1. The minimum atomic E-state index is -3.55. The maximum atomic E-state index is 12.3. The molecule has 0 heterocycles. The van der Waals surface area contributed by atoms with Crippen LogP contribution >= 0.6 is 0 Å². The highest BCUT2D eigenvalue weighted by Crippen LogP contribution is 2.19. The molecule has 0 amide bonds. The molecule has 116 valence electrons. The molecule has 0 saturated carbocycles. The van der Waals surface area contributed by atoms with Crippen molar-refractivity contribution in [3.05, 3.63) is 40.8 Å². The molecule has 1 rings (SSSR count). The van der Waals surface area contributed by atoms with Gasteiger partial charge in [-0.05, 0) is 38.5 Å². The second-order valence-corrected chi connectivity index (χ2v) is 7.47. The van der Waals surface area contributed by atoms with Gasteiger partial charge >= 0.3 is 0 Å². The zero-order chi connectivity index (χ0) is 15.9. The van der Waals surface area contributed by atoms with Gasteiger partial charge in [-0.1, -0.05) is 43.9 Å². The van der Waals surface area contributed by atoms with Crippen LogP contribution in [0.3, 0.4) is 0 Å². The Morgan fingerprint density at radius 3 is 2.29 bits per heavy atom. The summed E-state index contributed by atoms with van der Waals surface area (Å²) in [6, 6.07) is 6.67. The van der Waals surface area contributed by atoms with Crippen LogP contribution in [0.25, 0.3) is 0 Å². The predicted octanol–water partition coefficient (Wildman–Crippen LogP) is 4.21. The first-order valence-corrected chi connectivity index (χ1v) is 8.89. The number of aryl methyl sites for hydroxylation is 1. The smallest absolute Gasteiger partial charge is 0.202 e. The molecule has 0 aliphatic carbocycles. The van der Waals surface area contributed by atoms with E-state index >= 15 is 0 Å².